The lowest BCUT2D eigenvalue weighted by atomic mass is 10.2. The zero-order chi connectivity index (χ0) is 17.8. The number of carbonyl (C=O) groups is 1. The van der Waals surface area contributed by atoms with Gasteiger partial charge in [-0.1, -0.05) is 11.6 Å². The molecule has 1 amide bonds. The Hall–Kier alpha value is -2.86. The largest absolute Gasteiger partial charge is 0.481 e. The molecule has 0 aliphatic carbocycles. The number of aryl methyl sites for hydroxylation is 1. The molecule has 2 heterocycles. The molecule has 1 aromatic carbocycles. The van der Waals surface area contributed by atoms with E-state index in [1.165, 1.54) is 13.3 Å². The second-order valence-electron chi connectivity index (χ2n) is 5.34. The van der Waals surface area contributed by atoms with Gasteiger partial charge in [-0.25, -0.2) is 9.97 Å². The Labute approximate surface area is 149 Å². The Balaban J connectivity index is 1.69. The van der Waals surface area contributed by atoms with Gasteiger partial charge in [-0.2, -0.15) is 0 Å². The second kappa shape index (κ2) is 7.36. The lowest BCUT2D eigenvalue weighted by molar-refractivity contribution is -0.115. The van der Waals surface area contributed by atoms with Gasteiger partial charge in [-0.3, -0.25) is 4.79 Å². The lowest BCUT2D eigenvalue weighted by Gasteiger charge is -2.04. The fourth-order valence-electron chi connectivity index (χ4n) is 2.24. The van der Waals surface area contributed by atoms with Gasteiger partial charge in [0.05, 0.1) is 31.1 Å². The molecular weight excluding hydrogens is 342 g/mol. The van der Waals surface area contributed by atoms with Crippen molar-refractivity contribution in [3.63, 3.8) is 0 Å². The summed E-state index contributed by atoms with van der Waals surface area (Å²) in [6.07, 6.45) is 1.64. The van der Waals surface area contributed by atoms with Gasteiger partial charge in [-0.05, 0) is 37.3 Å². The van der Waals surface area contributed by atoms with E-state index < -0.39 is 0 Å². The Kier molecular flexibility index (Phi) is 5.00. The van der Waals surface area contributed by atoms with Crippen LogP contribution in [0.5, 0.6) is 5.88 Å². The van der Waals surface area contributed by atoms with Crippen LogP contribution >= 0.6 is 11.6 Å². The van der Waals surface area contributed by atoms with Crippen molar-refractivity contribution in [2.75, 3.05) is 12.4 Å². The fraction of sp³-hybridized carbons (Fsp3) is 0.167. The molecule has 3 rings (SSSR count). The Morgan fingerprint density at radius 2 is 2.00 bits per heavy atom. The zero-order valence-electron chi connectivity index (χ0n) is 13.7. The van der Waals surface area contributed by atoms with Crippen molar-refractivity contribution in [3.05, 3.63) is 59.1 Å². The molecule has 0 saturated heterocycles. The number of nitrogens with one attached hydrogen (secondary N) is 1. The standard InChI is InChI=1S/C18H16ClN3O3/c1-11-15(22-18(25-11)12-3-5-13(19)6-4-12)9-16(23)21-14-7-8-17(24-2)20-10-14/h3-8,10H,9H2,1-2H3,(H,21,23). The highest BCUT2D eigenvalue weighted by molar-refractivity contribution is 6.30. The Morgan fingerprint density at radius 1 is 1.24 bits per heavy atom. The fourth-order valence-corrected chi connectivity index (χ4v) is 2.37. The van der Waals surface area contributed by atoms with Crippen LogP contribution in [0.15, 0.2) is 47.0 Å². The van der Waals surface area contributed by atoms with E-state index in [1.807, 2.05) is 12.1 Å². The number of amides is 1. The predicted molar refractivity (Wildman–Crippen MR) is 94.8 cm³/mol. The molecule has 7 heteroatoms. The van der Waals surface area contributed by atoms with Crippen LogP contribution in [-0.2, 0) is 11.2 Å². The van der Waals surface area contributed by atoms with Crippen LogP contribution in [-0.4, -0.2) is 23.0 Å². The first-order valence-corrected chi connectivity index (χ1v) is 7.95. The summed E-state index contributed by atoms with van der Waals surface area (Å²) in [5.74, 6) is 1.35. The van der Waals surface area contributed by atoms with E-state index in [0.717, 1.165) is 5.56 Å². The summed E-state index contributed by atoms with van der Waals surface area (Å²) in [4.78, 5) is 20.7. The number of rotatable bonds is 5. The maximum absolute atomic E-state index is 12.2. The van der Waals surface area contributed by atoms with Crippen molar-refractivity contribution in [3.8, 4) is 17.3 Å². The number of carbonyl (C=O) groups excluding carboxylic acids is 1. The molecule has 0 fully saturated rings. The molecule has 0 unspecified atom stereocenters. The van der Waals surface area contributed by atoms with Gasteiger partial charge >= 0.3 is 0 Å². The van der Waals surface area contributed by atoms with E-state index in [-0.39, 0.29) is 12.3 Å². The number of ether oxygens (including phenoxy) is 1. The topological polar surface area (TPSA) is 77.2 Å². The summed E-state index contributed by atoms with van der Waals surface area (Å²) in [5, 5.41) is 3.41. The van der Waals surface area contributed by atoms with Gasteiger partial charge in [-0.15, -0.1) is 0 Å². The minimum atomic E-state index is -0.203. The maximum Gasteiger partial charge on any atom is 0.230 e. The molecule has 128 valence electrons. The van der Waals surface area contributed by atoms with E-state index in [0.29, 0.717) is 33.9 Å². The molecule has 3 aromatic rings. The molecule has 1 N–H and O–H groups in total. The van der Waals surface area contributed by atoms with Crippen LogP contribution in [0.2, 0.25) is 5.02 Å². The number of oxazole rings is 1. The van der Waals surface area contributed by atoms with Gasteiger partial charge in [0.15, 0.2) is 0 Å². The summed E-state index contributed by atoms with van der Waals surface area (Å²) >= 11 is 5.88. The maximum atomic E-state index is 12.2. The van der Waals surface area contributed by atoms with Crippen molar-refractivity contribution in [2.45, 2.75) is 13.3 Å². The molecule has 2 aromatic heterocycles. The van der Waals surface area contributed by atoms with Gasteiger partial charge < -0.3 is 14.5 Å². The zero-order valence-corrected chi connectivity index (χ0v) is 14.5. The van der Waals surface area contributed by atoms with E-state index in [9.17, 15) is 4.79 Å². The summed E-state index contributed by atoms with van der Waals surface area (Å²) in [6, 6.07) is 10.6. The number of pyridine rings is 1. The molecule has 6 nitrogen and oxygen atoms in total. The van der Waals surface area contributed by atoms with Gasteiger partial charge in [0.25, 0.3) is 0 Å². The summed E-state index contributed by atoms with van der Waals surface area (Å²) in [6.45, 7) is 1.78. The molecule has 0 aliphatic heterocycles. The van der Waals surface area contributed by atoms with Crippen LogP contribution in [0.1, 0.15) is 11.5 Å². The SMILES string of the molecule is COc1ccc(NC(=O)Cc2nc(-c3ccc(Cl)cc3)oc2C)cn1. The summed E-state index contributed by atoms with van der Waals surface area (Å²) in [5.41, 5.74) is 1.98. The number of hydrogen-bond donors (Lipinski definition) is 1. The average molecular weight is 358 g/mol. The molecule has 25 heavy (non-hydrogen) atoms. The van der Waals surface area contributed by atoms with E-state index in [1.54, 1.807) is 31.2 Å². The third kappa shape index (κ3) is 4.16. The molecule has 0 atom stereocenters. The van der Waals surface area contributed by atoms with Crippen LogP contribution in [0.3, 0.4) is 0 Å². The second-order valence-corrected chi connectivity index (χ2v) is 5.78. The summed E-state index contributed by atoms with van der Waals surface area (Å²) < 4.78 is 10.6. The van der Waals surface area contributed by atoms with Crippen molar-refractivity contribution in [1.29, 1.82) is 0 Å². The monoisotopic (exact) mass is 357 g/mol. The quantitative estimate of drug-likeness (QED) is 0.749. The van der Waals surface area contributed by atoms with Gasteiger partial charge in [0.1, 0.15) is 5.76 Å². The highest BCUT2D eigenvalue weighted by atomic mass is 35.5. The Morgan fingerprint density at radius 3 is 2.64 bits per heavy atom. The number of nitrogens with zero attached hydrogens (tertiary/aromatic N) is 2. The van der Waals surface area contributed by atoms with Crippen LogP contribution in [0.25, 0.3) is 11.5 Å². The molecule has 0 radical (unpaired) electrons. The molecule has 0 bridgehead atoms. The average Bonchev–Trinajstić information content (AvgIpc) is 2.96. The van der Waals surface area contributed by atoms with E-state index in [4.69, 9.17) is 20.8 Å². The van der Waals surface area contributed by atoms with Crippen molar-refractivity contribution in [2.24, 2.45) is 0 Å². The van der Waals surface area contributed by atoms with E-state index >= 15 is 0 Å². The van der Waals surface area contributed by atoms with Gasteiger partial charge in [0.2, 0.25) is 17.7 Å². The minimum absolute atomic E-state index is 0.106. The number of halogens is 1. The Bertz CT molecular complexity index is 874. The highest BCUT2D eigenvalue weighted by Gasteiger charge is 2.15. The molecule has 0 spiro atoms. The smallest absolute Gasteiger partial charge is 0.230 e. The molecule has 0 aliphatic rings. The number of hydrogen-bond acceptors (Lipinski definition) is 5. The van der Waals surface area contributed by atoms with Crippen LogP contribution < -0.4 is 10.1 Å². The third-order valence-corrected chi connectivity index (χ3v) is 3.79. The van der Waals surface area contributed by atoms with Crippen molar-refractivity contribution in [1.82, 2.24) is 9.97 Å². The normalized spacial score (nSPS) is 10.5. The van der Waals surface area contributed by atoms with Crippen molar-refractivity contribution < 1.29 is 13.9 Å². The van der Waals surface area contributed by atoms with E-state index in [2.05, 4.69) is 15.3 Å². The number of anilines is 1. The number of benzene rings is 1. The van der Waals surface area contributed by atoms with Crippen LogP contribution in [0, 0.1) is 6.92 Å². The summed E-state index contributed by atoms with van der Waals surface area (Å²) in [7, 11) is 1.53. The number of aromatic nitrogens is 2. The third-order valence-electron chi connectivity index (χ3n) is 3.54. The minimum Gasteiger partial charge on any atom is -0.481 e. The van der Waals surface area contributed by atoms with Crippen molar-refractivity contribution >= 4 is 23.2 Å². The predicted octanol–water partition coefficient (Wildman–Crippen LogP) is 3.89. The first kappa shape index (κ1) is 17.0. The number of methoxy groups -OCH3 is 1. The molecule has 0 saturated carbocycles. The van der Waals surface area contributed by atoms with Gasteiger partial charge in [0, 0.05) is 16.7 Å². The highest BCUT2D eigenvalue weighted by Crippen LogP contribution is 2.23. The first-order valence-electron chi connectivity index (χ1n) is 7.57. The first-order chi connectivity index (χ1) is 12.0. The molecular formula is C18H16ClN3O3. The van der Waals surface area contributed by atoms with Crippen LogP contribution in [0.4, 0.5) is 5.69 Å². The lowest BCUT2D eigenvalue weighted by Crippen LogP contribution is -2.15.